The number of aryl methyl sites for hydroxylation is 1. The lowest BCUT2D eigenvalue weighted by molar-refractivity contribution is 0.856. The van der Waals surface area contributed by atoms with Gasteiger partial charge in [0.25, 0.3) is 5.56 Å². The van der Waals surface area contributed by atoms with Crippen LogP contribution in [0.1, 0.15) is 5.69 Å². The molecule has 2 rings (SSSR count). The Bertz CT molecular complexity index is 582. The van der Waals surface area contributed by atoms with Gasteiger partial charge in [-0.15, -0.1) is 0 Å². The van der Waals surface area contributed by atoms with Crippen molar-refractivity contribution < 1.29 is 0 Å². The molecule has 4 heteroatoms. The predicted molar refractivity (Wildman–Crippen MR) is 57.4 cm³/mol. The monoisotopic (exact) mass is 202 g/mol. The minimum Gasteiger partial charge on any atom is -0.274 e. The van der Waals surface area contributed by atoms with Crippen molar-refractivity contribution in [2.45, 2.75) is 6.92 Å². The van der Waals surface area contributed by atoms with Crippen LogP contribution < -0.4 is 11.2 Å². The standard InChI is InChI=1S/C11H10N2O2/c1-8-7-10(14)12-11(15)13(8)9-5-3-2-4-6-9/h2-7H,1H3,(H,12,14,15). The van der Waals surface area contributed by atoms with Crippen LogP contribution in [0.25, 0.3) is 5.69 Å². The van der Waals surface area contributed by atoms with E-state index < -0.39 is 5.69 Å². The van der Waals surface area contributed by atoms with E-state index in [-0.39, 0.29) is 5.56 Å². The third-order valence-electron chi connectivity index (χ3n) is 2.14. The number of benzene rings is 1. The summed E-state index contributed by atoms with van der Waals surface area (Å²) in [4.78, 5) is 24.8. The van der Waals surface area contributed by atoms with Gasteiger partial charge in [0.15, 0.2) is 0 Å². The van der Waals surface area contributed by atoms with Gasteiger partial charge in [0.2, 0.25) is 0 Å². The summed E-state index contributed by atoms with van der Waals surface area (Å²) in [5.74, 6) is 0. The largest absolute Gasteiger partial charge is 0.333 e. The molecule has 0 aliphatic heterocycles. The van der Waals surface area contributed by atoms with E-state index in [9.17, 15) is 9.59 Å². The van der Waals surface area contributed by atoms with Crippen molar-refractivity contribution in [2.75, 3.05) is 0 Å². The molecule has 1 aromatic heterocycles. The summed E-state index contributed by atoms with van der Waals surface area (Å²) < 4.78 is 1.46. The van der Waals surface area contributed by atoms with Gasteiger partial charge in [-0.3, -0.25) is 14.3 Å². The Kier molecular flexibility index (Phi) is 2.25. The van der Waals surface area contributed by atoms with Crippen molar-refractivity contribution >= 4 is 0 Å². The topological polar surface area (TPSA) is 54.9 Å². The minimum absolute atomic E-state index is 0.371. The number of nitrogens with zero attached hydrogens (tertiary/aromatic N) is 1. The van der Waals surface area contributed by atoms with Gasteiger partial charge in [0, 0.05) is 11.8 Å². The lowest BCUT2D eigenvalue weighted by atomic mass is 10.3. The second kappa shape index (κ2) is 3.57. The molecule has 0 bridgehead atoms. The fourth-order valence-corrected chi connectivity index (χ4v) is 1.51. The summed E-state index contributed by atoms with van der Waals surface area (Å²) in [6, 6.07) is 10.6. The summed E-state index contributed by atoms with van der Waals surface area (Å²) in [6.45, 7) is 1.73. The molecule has 0 saturated heterocycles. The summed E-state index contributed by atoms with van der Waals surface area (Å²) in [5.41, 5.74) is 0.585. The first-order valence-electron chi connectivity index (χ1n) is 4.57. The lowest BCUT2D eigenvalue weighted by Crippen LogP contribution is -2.29. The molecule has 1 heterocycles. The zero-order valence-electron chi connectivity index (χ0n) is 8.23. The Morgan fingerprint density at radius 3 is 2.40 bits per heavy atom. The molecule has 0 radical (unpaired) electrons. The molecular weight excluding hydrogens is 192 g/mol. The van der Waals surface area contributed by atoms with Crippen LogP contribution in [0.15, 0.2) is 46.0 Å². The number of H-pyrrole nitrogens is 1. The second-order valence-corrected chi connectivity index (χ2v) is 3.25. The average Bonchev–Trinajstić information content (AvgIpc) is 2.17. The van der Waals surface area contributed by atoms with Crippen LogP contribution in [0.4, 0.5) is 0 Å². The van der Waals surface area contributed by atoms with Crippen LogP contribution in [0.3, 0.4) is 0 Å². The van der Waals surface area contributed by atoms with Gasteiger partial charge >= 0.3 is 5.69 Å². The third kappa shape index (κ3) is 1.74. The summed E-state index contributed by atoms with van der Waals surface area (Å²) in [5, 5.41) is 0. The Balaban J connectivity index is 2.75. The van der Waals surface area contributed by atoms with E-state index in [1.54, 1.807) is 6.92 Å². The highest BCUT2D eigenvalue weighted by molar-refractivity contribution is 5.32. The molecule has 0 atom stereocenters. The molecule has 1 aromatic carbocycles. The highest BCUT2D eigenvalue weighted by atomic mass is 16.2. The van der Waals surface area contributed by atoms with Crippen molar-refractivity contribution in [3.05, 3.63) is 62.9 Å². The van der Waals surface area contributed by atoms with Crippen LogP contribution in [0.5, 0.6) is 0 Å². The van der Waals surface area contributed by atoms with Crippen molar-refractivity contribution in [2.24, 2.45) is 0 Å². The van der Waals surface area contributed by atoms with E-state index in [2.05, 4.69) is 4.98 Å². The number of hydrogen-bond acceptors (Lipinski definition) is 2. The van der Waals surface area contributed by atoms with Crippen molar-refractivity contribution in [3.8, 4) is 5.69 Å². The number of para-hydroxylation sites is 1. The number of aromatic nitrogens is 2. The molecule has 76 valence electrons. The summed E-state index contributed by atoms with van der Waals surface area (Å²) >= 11 is 0. The van der Waals surface area contributed by atoms with Gasteiger partial charge in [0.05, 0.1) is 5.69 Å². The van der Waals surface area contributed by atoms with Crippen LogP contribution in [-0.4, -0.2) is 9.55 Å². The van der Waals surface area contributed by atoms with Gasteiger partial charge in [-0.25, -0.2) is 4.79 Å². The maximum atomic E-state index is 11.6. The fraction of sp³-hybridized carbons (Fsp3) is 0.0909. The van der Waals surface area contributed by atoms with Crippen molar-refractivity contribution in [1.82, 2.24) is 9.55 Å². The molecule has 4 nitrogen and oxygen atoms in total. The first-order valence-corrected chi connectivity index (χ1v) is 4.57. The van der Waals surface area contributed by atoms with Gasteiger partial charge < -0.3 is 0 Å². The van der Waals surface area contributed by atoms with Gasteiger partial charge in [0.1, 0.15) is 0 Å². The highest BCUT2D eigenvalue weighted by Gasteiger charge is 2.03. The van der Waals surface area contributed by atoms with E-state index in [1.807, 2.05) is 30.3 Å². The lowest BCUT2D eigenvalue weighted by Gasteiger charge is -2.07. The Hall–Kier alpha value is -2.10. The normalized spacial score (nSPS) is 10.2. The first kappa shape index (κ1) is 9.45. The predicted octanol–water partition coefficient (Wildman–Crippen LogP) is 0.834. The van der Waals surface area contributed by atoms with Crippen LogP contribution in [0.2, 0.25) is 0 Å². The molecule has 0 fully saturated rings. The maximum absolute atomic E-state index is 11.6. The van der Waals surface area contributed by atoms with E-state index >= 15 is 0 Å². The maximum Gasteiger partial charge on any atom is 0.333 e. The van der Waals surface area contributed by atoms with Crippen molar-refractivity contribution in [1.29, 1.82) is 0 Å². The molecule has 0 aliphatic rings. The number of aromatic amines is 1. The SMILES string of the molecule is Cc1cc(=O)[nH]c(=O)n1-c1ccccc1. The van der Waals surface area contributed by atoms with Gasteiger partial charge in [-0.1, -0.05) is 18.2 Å². The molecular formula is C11H10N2O2. The zero-order chi connectivity index (χ0) is 10.8. The van der Waals surface area contributed by atoms with E-state index in [1.165, 1.54) is 10.6 Å². The molecule has 2 aromatic rings. The summed E-state index contributed by atoms with van der Waals surface area (Å²) in [6.07, 6.45) is 0. The molecule has 15 heavy (non-hydrogen) atoms. The number of nitrogens with one attached hydrogen (secondary N) is 1. The molecule has 0 amide bonds. The summed E-state index contributed by atoms with van der Waals surface area (Å²) in [7, 11) is 0. The molecule has 0 saturated carbocycles. The highest BCUT2D eigenvalue weighted by Crippen LogP contribution is 2.04. The smallest absolute Gasteiger partial charge is 0.274 e. The number of hydrogen-bond donors (Lipinski definition) is 1. The Labute approximate surface area is 85.8 Å². The fourth-order valence-electron chi connectivity index (χ4n) is 1.51. The first-order chi connectivity index (χ1) is 7.18. The van der Waals surface area contributed by atoms with Crippen LogP contribution in [0, 0.1) is 6.92 Å². The van der Waals surface area contributed by atoms with E-state index in [4.69, 9.17) is 0 Å². The van der Waals surface area contributed by atoms with Gasteiger partial charge in [-0.2, -0.15) is 0 Å². The van der Waals surface area contributed by atoms with Gasteiger partial charge in [-0.05, 0) is 19.1 Å². The van der Waals surface area contributed by atoms with E-state index in [0.717, 1.165) is 5.69 Å². The third-order valence-corrected chi connectivity index (χ3v) is 2.14. The second-order valence-electron chi connectivity index (χ2n) is 3.25. The number of rotatable bonds is 1. The molecule has 1 N–H and O–H groups in total. The molecule has 0 spiro atoms. The average molecular weight is 202 g/mol. The van der Waals surface area contributed by atoms with Crippen LogP contribution in [-0.2, 0) is 0 Å². The Morgan fingerprint density at radius 1 is 1.13 bits per heavy atom. The zero-order valence-corrected chi connectivity index (χ0v) is 8.23. The minimum atomic E-state index is -0.411. The van der Waals surface area contributed by atoms with Crippen molar-refractivity contribution in [3.63, 3.8) is 0 Å². The molecule has 0 aliphatic carbocycles. The molecule has 0 unspecified atom stereocenters. The van der Waals surface area contributed by atoms with Crippen LogP contribution >= 0.6 is 0 Å². The quantitative estimate of drug-likeness (QED) is 0.744. The Morgan fingerprint density at radius 2 is 1.80 bits per heavy atom. The van der Waals surface area contributed by atoms with E-state index in [0.29, 0.717) is 5.69 Å².